The Labute approximate surface area is 79.5 Å². The van der Waals surface area contributed by atoms with Crippen LogP contribution in [0.25, 0.3) is 0 Å². The fourth-order valence-electron chi connectivity index (χ4n) is 0.315. The summed E-state index contributed by atoms with van der Waals surface area (Å²) in [5.41, 5.74) is 0.338. The van der Waals surface area contributed by atoms with Crippen molar-refractivity contribution in [2.24, 2.45) is 0 Å². The molecule has 1 rings (SSSR count). The van der Waals surface area contributed by atoms with Crippen LogP contribution in [0.15, 0.2) is 6.07 Å². The third-order valence-corrected chi connectivity index (χ3v) is 0.760. The van der Waals surface area contributed by atoms with E-state index in [2.05, 4.69) is 16.2 Å². The van der Waals surface area contributed by atoms with Crippen LogP contribution in [-0.4, -0.2) is 17.8 Å². The average molecular weight is 224 g/mol. The summed E-state index contributed by atoms with van der Waals surface area (Å²) >= 11 is 6.16. The first-order valence-corrected chi connectivity index (χ1v) is 6.49. The van der Waals surface area contributed by atoms with E-state index in [0.29, 0.717) is 5.59 Å². The summed E-state index contributed by atoms with van der Waals surface area (Å²) in [6.45, 7) is 0. The van der Waals surface area contributed by atoms with Gasteiger partial charge in [0.05, 0.1) is 0 Å². The zero-order chi connectivity index (χ0) is 7.98. The minimum absolute atomic E-state index is 0.130. The Kier molecular flexibility index (Phi) is 6.30. The van der Waals surface area contributed by atoms with Gasteiger partial charge in [0, 0.05) is 7.85 Å². The molecule has 0 aliphatic rings. The summed E-state index contributed by atoms with van der Waals surface area (Å²) in [5.74, 6) is 0. The van der Waals surface area contributed by atoms with E-state index in [4.69, 9.17) is 29.1 Å². The summed E-state index contributed by atoms with van der Waals surface area (Å²) in [7, 11) is 9.96. The van der Waals surface area contributed by atoms with Crippen molar-refractivity contribution >= 4 is 34.7 Å². The van der Waals surface area contributed by atoms with Crippen LogP contribution in [0.4, 0.5) is 0 Å². The van der Waals surface area contributed by atoms with Crippen molar-refractivity contribution in [2.45, 2.75) is 0 Å². The predicted molar refractivity (Wildman–Crippen MR) is 37.1 cm³/mol. The zero-order valence-corrected chi connectivity index (χ0v) is 9.49. The van der Waals surface area contributed by atoms with Crippen molar-refractivity contribution in [3.05, 3.63) is 17.5 Å². The summed E-state index contributed by atoms with van der Waals surface area (Å²) in [6.07, 6.45) is 2.46. The number of hydrogen-bond donors (Lipinski definition) is 0. The maximum absolute atomic E-state index is 5.31. The van der Waals surface area contributed by atoms with Crippen LogP contribution in [0.3, 0.4) is 0 Å². The summed E-state index contributed by atoms with van der Waals surface area (Å²) < 4.78 is 0. The third kappa shape index (κ3) is 4.21. The topological polar surface area (TPSA) is 25.8 Å². The Morgan fingerprint density at radius 2 is 2.20 bits per heavy atom. The second kappa shape index (κ2) is 6.08. The molecule has 0 atom stereocenters. The van der Waals surface area contributed by atoms with E-state index in [-0.39, 0.29) is 5.28 Å². The van der Waals surface area contributed by atoms with Gasteiger partial charge in [-0.25, -0.2) is 0 Å². The Balaban J connectivity index is 0.000000371. The van der Waals surface area contributed by atoms with E-state index in [9.17, 15) is 0 Å². The molecule has 0 saturated heterocycles. The van der Waals surface area contributed by atoms with Gasteiger partial charge >= 0.3 is 27.0 Å². The van der Waals surface area contributed by atoms with Crippen molar-refractivity contribution in [3.8, 4) is 0 Å². The quantitative estimate of drug-likeness (QED) is 0.362. The summed E-state index contributed by atoms with van der Waals surface area (Å²) in [6, 6.07) is 1.45. The van der Waals surface area contributed by atoms with E-state index in [0.717, 1.165) is 17.3 Å². The molecule has 10 heavy (non-hydrogen) atoms. The molecule has 0 unspecified atom stereocenters. The maximum atomic E-state index is 5.31. The van der Waals surface area contributed by atoms with E-state index < -0.39 is 0 Å². The molecule has 0 amide bonds. The molecule has 0 spiro atoms. The van der Waals surface area contributed by atoms with Gasteiger partial charge in [-0.3, -0.25) is 0 Å². The van der Waals surface area contributed by atoms with Crippen molar-refractivity contribution in [1.82, 2.24) is 9.97 Å². The monoisotopic (exact) mass is 222 g/mol. The summed E-state index contributed by atoms with van der Waals surface area (Å²) in [5, 5.41) is 0.130. The molecule has 0 bridgehead atoms. The Morgan fingerprint density at radius 1 is 1.60 bits per heavy atom. The molecule has 46 valence electrons. The first kappa shape index (κ1) is 10.3. The molecule has 1 heterocycles. The third-order valence-electron chi connectivity index (χ3n) is 0.591. The molecule has 0 N–H and O–H groups in total. The zero-order valence-electron chi connectivity index (χ0n) is 5.01. The molecule has 0 saturated carbocycles. The number of halogens is 2. The van der Waals surface area contributed by atoms with Gasteiger partial charge in [-0.15, -0.1) is 23.3 Å². The molecular formula is C4HBCl2N2Zn. The number of aromatic nitrogens is 2. The standard InChI is InChI=1S/C4HBClN2.ClH.Zn/c5-3-1-2-7-4(6)8-3;;/h1H;1H;/q-1;;+2/p-1. The van der Waals surface area contributed by atoms with Gasteiger partial charge in [0.1, 0.15) is 5.28 Å². The van der Waals surface area contributed by atoms with Crippen LogP contribution >= 0.6 is 21.3 Å². The summed E-state index contributed by atoms with van der Waals surface area (Å²) in [4.78, 5) is 7.06. The average Bonchev–Trinajstić information content (AvgIpc) is 1.91. The SMILES string of the molecule is [B]c1c[c-]nc(Cl)n1.[Cl][Zn+]. The molecule has 2 radical (unpaired) electrons. The second-order valence-corrected chi connectivity index (χ2v) is 1.53. The van der Waals surface area contributed by atoms with Crippen molar-refractivity contribution in [2.75, 3.05) is 0 Å². The molecule has 0 aliphatic heterocycles. The molecule has 2 nitrogen and oxygen atoms in total. The Morgan fingerprint density at radius 3 is 2.50 bits per heavy atom. The van der Waals surface area contributed by atoms with Gasteiger partial charge in [0.25, 0.3) is 0 Å². The van der Waals surface area contributed by atoms with Crippen LogP contribution in [0.1, 0.15) is 0 Å². The number of nitrogens with zero attached hydrogens (tertiary/aromatic N) is 2. The van der Waals surface area contributed by atoms with Gasteiger partial charge < -0.3 is 9.97 Å². The first-order valence-electron chi connectivity index (χ1n) is 2.22. The van der Waals surface area contributed by atoms with Crippen molar-refractivity contribution < 1.29 is 17.3 Å². The number of hydrogen-bond acceptors (Lipinski definition) is 2. The van der Waals surface area contributed by atoms with Gasteiger partial charge in [0.2, 0.25) is 0 Å². The normalized spacial score (nSPS) is 8.00. The van der Waals surface area contributed by atoms with Gasteiger partial charge in [-0.1, -0.05) is 6.20 Å². The molecule has 1 aromatic rings. The Hall–Kier alpha value is 0.348. The van der Waals surface area contributed by atoms with Crippen molar-refractivity contribution in [3.63, 3.8) is 0 Å². The second-order valence-electron chi connectivity index (χ2n) is 1.19. The van der Waals surface area contributed by atoms with E-state index in [1.54, 1.807) is 0 Å². The van der Waals surface area contributed by atoms with Crippen LogP contribution in [0, 0.1) is 6.20 Å². The molecular weight excluding hydrogens is 223 g/mol. The van der Waals surface area contributed by atoms with Crippen LogP contribution in [0.2, 0.25) is 5.28 Å². The number of rotatable bonds is 0. The van der Waals surface area contributed by atoms with Gasteiger partial charge in [-0.2, -0.15) is 0 Å². The van der Waals surface area contributed by atoms with Crippen LogP contribution in [-0.2, 0) is 17.3 Å². The van der Waals surface area contributed by atoms with Crippen molar-refractivity contribution in [1.29, 1.82) is 0 Å². The Bertz CT molecular complexity index is 181. The van der Waals surface area contributed by atoms with E-state index in [1.807, 2.05) is 0 Å². The van der Waals surface area contributed by atoms with Crippen LogP contribution in [0.5, 0.6) is 0 Å². The fraction of sp³-hybridized carbons (Fsp3) is 0. The molecule has 0 aliphatic carbocycles. The minimum atomic E-state index is 0.130. The predicted octanol–water partition coefficient (Wildman–Crippen LogP) is 0.411. The van der Waals surface area contributed by atoms with Gasteiger partial charge in [0.15, 0.2) is 0 Å². The van der Waals surface area contributed by atoms with Crippen LogP contribution < -0.4 is 5.59 Å². The van der Waals surface area contributed by atoms with E-state index >= 15 is 0 Å². The van der Waals surface area contributed by atoms with E-state index in [1.165, 1.54) is 6.07 Å². The molecule has 6 heteroatoms. The molecule has 1 aromatic heterocycles. The first-order chi connectivity index (χ1) is 4.79. The van der Waals surface area contributed by atoms with Gasteiger partial charge in [-0.05, 0) is 0 Å². The fourth-order valence-corrected chi connectivity index (χ4v) is 0.462. The molecule has 0 aromatic carbocycles. The molecule has 0 fully saturated rings.